The lowest BCUT2D eigenvalue weighted by atomic mass is 9.71. The van der Waals surface area contributed by atoms with E-state index in [1.807, 2.05) is 12.2 Å². The minimum Gasteiger partial charge on any atom is -0.381 e. The van der Waals surface area contributed by atoms with Gasteiger partial charge in [-0.05, 0) is 60.1 Å². The molecule has 6 rings (SSSR count). The molecule has 0 saturated heterocycles. The van der Waals surface area contributed by atoms with Gasteiger partial charge in [-0.1, -0.05) is 36.4 Å². The van der Waals surface area contributed by atoms with Gasteiger partial charge in [-0.15, -0.1) is 13.2 Å². The Morgan fingerprint density at radius 2 is 1.12 bits per heavy atom. The quantitative estimate of drug-likeness (QED) is 0.821. The van der Waals surface area contributed by atoms with Crippen molar-refractivity contribution in [2.24, 2.45) is 0 Å². The average Bonchev–Trinajstić information content (AvgIpc) is 2.54. The lowest BCUT2D eigenvalue weighted by Gasteiger charge is -2.40. The molecule has 24 heavy (non-hydrogen) atoms. The zero-order valence-electron chi connectivity index (χ0n) is 14.2. The van der Waals surface area contributed by atoms with E-state index in [0.29, 0.717) is 25.7 Å². The lowest BCUT2D eigenvalue weighted by molar-refractivity contribution is 0.0861. The molecular formula is C22H26O2. The fraction of sp³-hybridized carbons (Fsp3) is 0.364. The third kappa shape index (κ3) is 3.17. The largest absolute Gasteiger partial charge is 0.381 e. The molecule has 0 fully saturated rings. The summed E-state index contributed by atoms with van der Waals surface area (Å²) in [6.07, 6.45) is 11.3. The highest BCUT2D eigenvalue weighted by atomic mass is 16.3. The van der Waals surface area contributed by atoms with Crippen LogP contribution < -0.4 is 0 Å². The second-order valence-corrected chi connectivity index (χ2v) is 6.99. The summed E-state index contributed by atoms with van der Waals surface area (Å²) in [4.78, 5) is 0. The smallest absolute Gasteiger partial charge is 0.108 e. The second-order valence-electron chi connectivity index (χ2n) is 6.99. The van der Waals surface area contributed by atoms with Crippen molar-refractivity contribution in [3.63, 3.8) is 0 Å². The molecule has 0 amide bonds. The van der Waals surface area contributed by atoms with Gasteiger partial charge in [0.2, 0.25) is 0 Å². The summed E-state index contributed by atoms with van der Waals surface area (Å²) < 4.78 is 0. The standard InChI is InChI=1S/C22H26O2/c1-3-13-21(23)15-20-12-10-18-7-5-17(6-8-18)9-11-19(21)16-22(20,24)14-4-2/h3-8,15-16,23-24H,1-2,9-14H2/t21-,22-/m1/s1. The van der Waals surface area contributed by atoms with Gasteiger partial charge in [-0.25, -0.2) is 0 Å². The van der Waals surface area contributed by atoms with E-state index >= 15 is 0 Å². The van der Waals surface area contributed by atoms with Crippen LogP contribution in [0.5, 0.6) is 0 Å². The zero-order chi connectivity index (χ0) is 17.2. The van der Waals surface area contributed by atoms with Crippen molar-refractivity contribution in [2.75, 3.05) is 0 Å². The van der Waals surface area contributed by atoms with Crippen LogP contribution in [0.3, 0.4) is 0 Å². The van der Waals surface area contributed by atoms with Gasteiger partial charge in [0.25, 0.3) is 0 Å². The van der Waals surface area contributed by atoms with Gasteiger partial charge in [0, 0.05) is 12.8 Å². The Hall–Kier alpha value is -1.90. The number of aliphatic hydroxyl groups is 2. The number of benzene rings is 1. The Morgan fingerprint density at radius 1 is 0.750 bits per heavy atom. The maximum atomic E-state index is 11.2. The molecule has 0 unspecified atom stereocenters. The van der Waals surface area contributed by atoms with Crippen LogP contribution in [-0.4, -0.2) is 21.4 Å². The highest BCUT2D eigenvalue weighted by molar-refractivity contribution is 5.44. The fourth-order valence-electron chi connectivity index (χ4n) is 3.84. The van der Waals surface area contributed by atoms with Crippen molar-refractivity contribution in [1.82, 2.24) is 0 Å². The Kier molecular flexibility index (Phi) is 4.62. The molecule has 2 atom stereocenters. The van der Waals surface area contributed by atoms with Crippen LogP contribution in [0, 0.1) is 0 Å². The molecule has 4 bridgehead atoms. The van der Waals surface area contributed by atoms with Crippen molar-refractivity contribution in [1.29, 1.82) is 0 Å². The number of hydrogen-bond donors (Lipinski definition) is 2. The van der Waals surface area contributed by atoms with Gasteiger partial charge in [0.05, 0.1) is 0 Å². The molecule has 1 aromatic rings. The highest BCUT2D eigenvalue weighted by Gasteiger charge is 2.40. The van der Waals surface area contributed by atoms with Gasteiger partial charge in [0.1, 0.15) is 11.2 Å². The van der Waals surface area contributed by atoms with Gasteiger partial charge in [-0.3, -0.25) is 0 Å². The summed E-state index contributed by atoms with van der Waals surface area (Å²) in [6.45, 7) is 7.59. The average molecular weight is 322 g/mol. The maximum absolute atomic E-state index is 11.2. The number of rotatable bonds is 4. The first-order chi connectivity index (χ1) is 11.5. The summed E-state index contributed by atoms with van der Waals surface area (Å²) in [5.41, 5.74) is 2.18. The third-order valence-corrected chi connectivity index (χ3v) is 5.24. The molecule has 5 aliphatic carbocycles. The van der Waals surface area contributed by atoms with E-state index in [4.69, 9.17) is 0 Å². The van der Waals surface area contributed by atoms with Crippen LogP contribution in [0.4, 0.5) is 0 Å². The molecule has 1 aromatic carbocycles. The molecule has 0 radical (unpaired) electrons. The van der Waals surface area contributed by atoms with Crippen molar-refractivity contribution < 1.29 is 10.2 Å². The van der Waals surface area contributed by atoms with E-state index < -0.39 is 11.2 Å². The van der Waals surface area contributed by atoms with Crippen LogP contribution in [0.1, 0.15) is 36.8 Å². The highest BCUT2D eigenvalue weighted by Crippen LogP contribution is 2.41. The third-order valence-electron chi connectivity index (χ3n) is 5.24. The monoisotopic (exact) mass is 322 g/mol. The van der Waals surface area contributed by atoms with E-state index in [1.54, 1.807) is 12.2 Å². The normalized spacial score (nSPS) is 29.2. The molecule has 2 N–H and O–H groups in total. The second kappa shape index (κ2) is 6.54. The molecule has 0 spiro atoms. The summed E-state index contributed by atoms with van der Waals surface area (Å²) in [5.74, 6) is 0. The van der Waals surface area contributed by atoms with Crippen LogP contribution in [-0.2, 0) is 12.8 Å². The van der Waals surface area contributed by atoms with E-state index in [9.17, 15) is 10.2 Å². The predicted molar refractivity (Wildman–Crippen MR) is 98.8 cm³/mol. The van der Waals surface area contributed by atoms with Crippen LogP contribution in [0.25, 0.3) is 0 Å². The van der Waals surface area contributed by atoms with Crippen LogP contribution in [0.15, 0.2) is 72.9 Å². The first-order valence-corrected chi connectivity index (χ1v) is 8.68. The van der Waals surface area contributed by atoms with E-state index in [1.165, 1.54) is 11.1 Å². The Labute approximate surface area is 144 Å². The topological polar surface area (TPSA) is 40.5 Å². The Balaban J connectivity index is 2.09. The van der Waals surface area contributed by atoms with Gasteiger partial charge >= 0.3 is 0 Å². The summed E-state index contributed by atoms with van der Waals surface area (Å²) >= 11 is 0. The molecule has 2 heteroatoms. The molecule has 0 heterocycles. The Morgan fingerprint density at radius 3 is 1.46 bits per heavy atom. The SMILES string of the molecule is C=CC[C@@]1(O)C=C2CCc3ccc(cc3)CCC1=C[C@]2(O)CC=C. The minimum atomic E-state index is -1.04. The predicted octanol–water partition coefficient (Wildman–Crippen LogP) is 4.05. The van der Waals surface area contributed by atoms with Crippen LogP contribution in [0.2, 0.25) is 0 Å². The van der Waals surface area contributed by atoms with E-state index in [-0.39, 0.29) is 0 Å². The molecule has 0 aromatic heterocycles. The molecule has 0 saturated carbocycles. The number of aryl methyl sites for hydroxylation is 2. The molecule has 126 valence electrons. The van der Waals surface area contributed by atoms with Crippen molar-refractivity contribution in [2.45, 2.75) is 49.7 Å². The fourth-order valence-corrected chi connectivity index (χ4v) is 3.84. The molecule has 2 nitrogen and oxygen atoms in total. The molecule has 0 aliphatic heterocycles. The van der Waals surface area contributed by atoms with E-state index in [2.05, 4.69) is 37.4 Å². The van der Waals surface area contributed by atoms with Crippen molar-refractivity contribution in [3.05, 3.63) is 84.0 Å². The summed E-state index contributed by atoms with van der Waals surface area (Å²) in [7, 11) is 0. The maximum Gasteiger partial charge on any atom is 0.108 e. The molecule has 5 aliphatic rings. The first-order valence-electron chi connectivity index (χ1n) is 8.68. The van der Waals surface area contributed by atoms with Gasteiger partial charge in [0.15, 0.2) is 0 Å². The first kappa shape index (κ1) is 16.9. The van der Waals surface area contributed by atoms with Crippen molar-refractivity contribution >= 4 is 0 Å². The Bertz CT molecular complexity index is 634. The lowest BCUT2D eigenvalue weighted by Crippen LogP contribution is -2.41. The van der Waals surface area contributed by atoms with Crippen LogP contribution >= 0.6 is 0 Å². The summed E-state index contributed by atoms with van der Waals surface area (Å²) in [6, 6.07) is 8.67. The molecular weight excluding hydrogens is 296 g/mol. The van der Waals surface area contributed by atoms with E-state index in [0.717, 1.165) is 24.0 Å². The zero-order valence-corrected chi connectivity index (χ0v) is 14.2. The van der Waals surface area contributed by atoms with Gasteiger partial charge < -0.3 is 10.2 Å². The van der Waals surface area contributed by atoms with Crippen molar-refractivity contribution in [3.8, 4) is 0 Å². The number of hydrogen-bond acceptors (Lipinski definition) is 2. The van der Waals surface area contributed by atoms with Gasteiger partial charge in [-0.2, -0.15) is 0 Å². The summed E-state index contributed by atoms with van der Waals surface area (Å²) in [5, 5.41) is 22.4. The minimum absolute atomic E-state index is 0.462.